The number of carbonyl (C=O) groups excluding carboxylic acids is 1. The fourth-order valence-electron chi connectivity index (χ4n) is 5.71. The summed E-state index contributed by atoms with van der Waals surface area (Å²) < 4.78 is 5.20. The lowest BCUT2D eigenvalue weighted by atomic mass is 9.59. The van der Waals surface area contributed by atoms with Crippen LogP contribution in [-0.4, -0.2) is 31.1 Å². The Morgan fingerprint density at radius 2 is 2.00 bits per heavy atom. The fourth-order valence-corrected chi connectivity index (χ4v) is 5.71. The maximum atomic E-state index is 13.7. The number of aromatic nitrogens is 1. The molecule has 1 aromatic carbocycles. The maximum absolute atomic E-state index is 13.7. The molecule has 2 unspecified atom stereocenters. The number of carbonyl (C=O) groups is 1. The van der Waals surface area contributed by atoms with Gasteiger partial charge in [-0.05, 0) is 42.0 Å². The van der Waals surface area contributed by atoms with Crippen LogP contribution in [0.4, 0.5) is 11.4 Å². The third-order valence-corrected chi connectivity index (χ3v) is 7.35. The molecule has 7 heteroatoms. The van der Waals surface area contributed by atoms with Gasteiger partial charge in [-0.2, -0.15) is 10.2 Å². The zero-order valence-electron chi connectivity index (χ0n) is 20.4. The summed E-state index contributed by atoms with van der Waals surface area (Å²) in [6.07, 6.45) is 5.54. The zero-order chi connectivity index (χ0) is 24.1. The highest BCUT2D eigenvalue weighted by molar-refractivity contribution is 6.01. The number of rotatable bonds is 5. The molecule has 0 saturated heterocycles. The Morgan fingerprint density at radius 3 is 2.71 bits per heavy atom. The Hall–Kier alpha value is -3.48. The molecule has 2 aliphatic heterocycles. The van der Waals surface area contributed by atoms with E-state index in [0.717, 1.165) is 46.6 Å². The minimum absolute atomic E-state index is 0.0806. The lowest BCUT2D eigenvalue weighted by Gasteiger charge is -2.48. The van der Waals surface area contributed by atoms with Crippen molar-refractivity contribution < 1.29 is 9.53 Å². The van der Waals surface area contributed by atoms with Crippen LogP contribution in [0.2, 0.25) is 0 Å². The number of fused-ring (bicyclic) bond motifs is 1. The van der Waals surface area contributed by atoms with Crippen molar-refractivity contribution in [1.82, 2.24) is 10.3 Å². The highest BCUT2D eigenvalue weighted by Crippen LogP contribution is 2.54. The molecule has 2 aromatic rings. The Morgan fingerprint density at radius 1 is 1.18 bits per heavy atom. The molecule has 5 rings (SSSR count). The smallest absolute Gasteiger partial charge is 0.213 e. The molecule has 0 amide bonds. The molecule has 176 valence electrons. The first-order valence-electron chi connectivity index (χ1n) is 11.8. The number of hydrogen-bond donors (Lipinski definition) is 1. The van der Waals surface area contributed by atoms with Crippen molar-refractivity contribution in [2.75, 3.05) is 19.1 Å². The number of methoxy groups -OCH3 is 1. The van der Waals surface area contributed by atoms with Crippen molar-refractivity contribution in [2.24, 2.45) is 15.6 Å². The van der Waals surface area contributed by atoms with Crippen molar-refractivity contribution in [3.8, 4) is 5.88 Å². The van der Waals surface area contributed by atoms with Gasteiger partial charge in [0.1, 0.15) is 0 Å². The summed E-state index contributed by atoms with van der Waals surface area (Å²) in [5, 5.41) is 12.3. The average molecular weight is 458 g/mol. The summed E-state index contributed by atoms with van der Waals surface area (Å²) in [6.45, 7) is 6.47. The van der Waals surface area contributed by atoms with Gasteiger partial charge in [0.2, 0.25) is 5.88 Å². The van der Waals surface area contributed by atoms with Gasteiger partial charge in [0.05, 0.1) is 30.6 Å². The lowest BCUT2D eigenvalue weighted by molar-refractivity contribution is -0.119. The van der Waals surface area contributed by atoms with Gasteiger partial charge in [0.25, 0.3) is 0 Å². The first kappa shape index (κ1) is 22.3. The number of Topliss-reactive ketones (excluding diaryl/α,β-unsaturated/α-hetero) is 1. The molecule has 3 aliphatic rings. The molecule has 7 nitrogen and oxygen atoms in total. The van der Waals surface area contributed by atoms with E-state index in [-0.39, 0.29) is 17.4 Å². The first-order chi connectivity index (χ1) is 16.3. The number of azo groups is 1. The molecule has 0 fully saturated rings. The molecule has 0 radical (unpaired) electrons. The molecule has 0 saturated carbocycles. The van der Waals surface area contributed by atoms with Crippen molar-refractivity contribution >= 4 is 17.2 Å². The summed E-state index contributed by atoms with van der Waals surface area (Å²) in [5.74, 6) is 0.792. The van der Waals surface area contributed by atoms with Gasteiger partial charge in [0, 0.05) is 42.1 Å². The molecular formula is C27H31N5O2. The van der Waals surface area contributed by atoms with Crippen LogP contribution in [0.3, 0.4) is 0 Å². The Bertz CT molecular complexity index is 1230. The van der Waals surface area contributed by atoms with Crippen molar-refractivity contribution in [1.29, 1.82) is 0 Å². The molecule has 3 heterocycles. The van der Waals surface area contributed by atoms with Crippen LogP contribution in [0, 0.1) is 5.41 Å². The minimum atomic E-state index is -0.558. The van der Waals surface area contributed by atoms with E-state index in [1.54, 1.807) is 13.3 Å². The van der Waals surface area contributed by atoms with E-state index in [4.69, 9.17) is 4.74 Å². The van der Waals surface area contributed by atoms with Crippen LogP contribution in [0.1, 0.15) is 45.6 Å². The molecule has 1 aliphatic carbocycles. The van der Waals surface area contributed by atoms with Crippen LogP contribution < -0.4 is 15.0 Å². The van der Waals surface area contributed by atoms with Gasteiger partial charge in [-0.3, -0.25) is 4.79 Å². The van der Waals surface area contributed by atoms with E-state index < -0.39 is 5.41 Å². The summed E-state index contributed by atoms with van der Waals surface area (Å²) in [4.78, 5) is 20.1. The number of nitrogens with one attached hydrogen (secondary N) is 1. The summed E-state index contributed by atoms with van der Waals surface area (Å²) >= 11 is 0. The minimum Gasteiger partial charge on any atom is -0.481 e. The zero-order valence-corrected chi connectivity index (χ0v) is 20.4. The van der Waals surface area contributed by atoms with Crippen LogP contribution >= 0.6 is 0 Å². The number of pyridine rings is 1. The third-order valence-electron chi connectivity index (χ3n) is 7.35. The first-order valence-corrected chi connectivity index (χ1v) is 11.8. The second-order valence-electron chi connectivity index (χ2n) is 10.1. The number of benzene rings is 1. The third kappa shape index (κ3) is 3.42. The van der Waals surface area contributed by atoms with Gasteiger partial charge in [-0.15, -0.1) is 0 Å². The van der Waals surface area contributed by atoms with Crippen molar-refractivity contribution in [3.63, 3.8) is 0 Å². The molecule has 2 atom stereocenters. The maximum Gasteiger partial charge on any atom is 0.213 e. The number of anilines is 2. The second-order valence-corrected chi connectivity index (χ2v) is 10.1. The monoisotopic (exact) mass is 457 g/mol. The number of ether oxygens (including phenoxy) is 1. The van der Waals surface area contributed by atoms with E-state index in [1.165, 1.54) is 0 Å². The van der Waals surface area contributed by atoms with E-state index in [1.807, 2.05) is 25.4 Å². The van der Waals surface area contributed by atoms with Crippen molar-refractivity contribution in [2.45, 2.75) is 51.6 Å². The number of hydrogen-bond acceptors (Lipinski definition) is 7. The number of nitrogens with zero attached hydrogens (tertiary/aromatic N) is 4. The number of ketones is 1. The lowest BCUT2D eigenvalue weighted by Crippen LogP contribution is -2.51. The fraction of sp³-hybridized carbons (Fsp3) is 0.407. The Balaban J connectivity index is 1.64. The standard InChI is InChI=1S/C27H31N5O2/c1-6-27(17-8-7-9-18(12-17)32(4)19-10-11-23(34-5)28-15-19)20-16-29-31-25(20)30-21-13-26(2,3)14-22(33)24(21)27/h7-12,15-16,25,30H,6,13-14H2,1-5H3. The average Bonchev–Trinajstić information content (AvgIpc) is 3.30. The highest BCUT2D eigenvalue weighted by Gasteiger charge is 2.53. The van der Waals surface area contributed by atoms with E-state index in [9.17, 15) is 4.79 Å². The van der Waals surface area contributed by atoms with Gasteiger partial charge in [0.15, 0.2) is 11.9 Å². The van der Waals surface area contributed by atoms with Crippen LogP contribution in [0.5, 0.6) is 5.88 Å². The summed E-state index contributed by atoms with van der Waals surface area (Å²) in [5.41, 5.74) is 5.37. The van der Waals surface area contributed by atoms with E-state index in [2.05, 4.69) is 70.5 Å². The summed E-state index contributed by atoms with van der Waals surface area (Å²) in [6, 6.07) is 12.3. The molecule has 0 bridgehead atoms. The molecule has 34 heavy (non-hydrogen) atoms. The van der Waals surface area contributed by atoms with E-state index >= 15 is 0 Å². The Kier molecular flexibility index (Phi) is 5.30. The molecular weight excluding hydrogens is 426 g/mol. The normalized spacial score (nSPS) is 24.8. The number of allylic oxidation sites excluding steroid dienone is 2. The largest absolute Gasteiger partial charge is 0.481 e. The van der Waals surface area contributed by atoms with Crippen LogP contribution in [-0.2, 0) is 10.2 Å². The van der Waals surface area contributed by atoms with Gasteiger partial charge < -0.3 is 15.0 Å². The van der Waals surface area contributed by atoms with E-state index in [0.29, 0.717) is 12.3 Å². The van der Waals surface area contributed by atoms with Crippen LogP contribution in [0.25, 0.3) is 0 Å². The highest BCUT2D eigenvalue weighted by atomic mass is 16.5. The van der Waals surface area contributed by atoms with Gasteiger partial charge in [-0.1, -0.05) is 32.9 Å². The molecule has 1 aromatic heterocycles. The predicted octanol–water partition coefficient (Wildman–Crippen LogP) is 5.43. The summed E-state index contributed by atoms with van der Waals surface area (Å²) in [7, 11) is 3.63. The predicted molar refractivity (Wildman–Crippen MR) is 132 cm³/mol. The quantitative estimate of drug-likeness (QED) is 0.648. The molecule has 1 N–H and O–H groups in total. The van der Waals surface area contributed by atoms with Gasteiger partial charge >= 0.3 is 0 Å². The van der Waals surface area contributed by atoms with Crippen molar-refractivity contribution in [3.05, 3.63) is 71.2 Å². The van der Waals surface area contributed by atoms with Gasteiger partial charge in [-0.25, -0.2) is 4.98 Å². The molecule has 0 spiro atoms. The topological polar surface area (TPSA) is 79.2 Å². The van der Waals surface area contributed by atoms with Crippen LogP contribution in [0.15, 0.2) is 75.9 Å². The second kappa shape index (κ2) is 8.08. The Labute approximate surface area is 200 Å². The SMILES string of the molecule is CCC1(c2cccc(N(C)c3ccc(OC)nc3)c2)C2=CN=NC2NC2=C1C(=O)CC(C)(C)C2.